The molecule has 0 saturated heterocycles. The second kappa shape index (κ2) is 13.1. The first kappa shape index (κ1) is 19.1. The van der Waals surface area contributed by atoms with Crippen molar-refractivity contribution in [3.05, 3.63) is 0 Å². The molecule has 0 heterocycles. The molecular formula is C14H27NO4S. The van der Waals surface area contributed by atoms with Crippen LogP contribution in [0.15, 0.2) is 0 Å². The fourth-order valence-electron chi connectivity index (χ4n) is 1.60. The van der Waals surface area contributed by atoms with Crippen LogP contribution in [0.4, 0.5) is 4.79 Å². The average molecular weight is 305 g/mol. The zero-order valence-electron chi connectivity index (χ0n) is 12.8. The Morgan fingerprint density at radius 3 is 2.50 bits per heavy atom. The number of alkyl carbamates (subject to hydrolysis) is 1. The maximum atomic E-state index is 11.9. The zero-order chi connectivity index (χ0) is 15.2. The van der Waals surface area contributed by atoms with Crippen LogP contribution in [0.5, 0.6) is 0 Å². The summed E-state index contributed by atoms with van der Waals surface area (Å²) in [7, 11) is 0. The molecule has 0 aromatic rings. The maximum absolute atomic E-state index is 11.9. The van der Waals surface area contributed by atoms with Gasteiger partial charge in [0.1, 0.15) is 6.04 Å². The van der Waals surface area contributed by atoms with Crippen molar-refractivity contribution in [2.75, 3.05) is 25.2 Å². The third-order valence-electron chi connectivity index (χ3n) is 2.70. The van der Waals surface area contributed by atoms with E-state index in [9.17, 15) is 9.59 Å². The summed E-state index contributed by atoms with van der Waals surface area (Å²) >= 11 is 1.62. The molecule has 0 aliphatic heterocycles. The molecule has 0 rings (SSSR count). The van der Waals surface area contributed by atoms with Gasteiger partial charge in [-0.3, -0.25) is 0 Å². The molecule has 0 aliphatic rings. The Morgan fingerprint density at radius 1 is 1.15 bits per heavy atom. The predicted molar refractivity (Wildman–Crippen MR) is 82.0 cm³/mol. The number of esters is 1. The Kier molecular flexibility index (Phi) is 12.5. The molecule has 1 amide bonds. The lowest BCUT2D eigenvalue weighted by molar-refractivity contribution is -0.146. The lowest BCUT2D eigenvalue weighted by Gasteiger charge is -2.17. The van der Waals surface area contributed by atoms with Crippen LogP contribution in [-0.4, -0.2) is 43.3 Å². The third kappa shape index (κ3) is 9.95. The van der Waals surface area contributed by atoms with Gasteiger partial charge in [-0.1, -0.05) is 26.2 Å². The normalized spacial score (nSPS) is 11.8. The van der Waals surface area contributed by atoms with Gasteiger partial charge in [-0.05, 0) is 31.8 Å². The number of carbonyl (C=O) groups excluding carboxylic acids is 2. The minimum atomic E-state index is -0.618. The monoisotopic (exact) mass is 305 g/mol. The summed E-state index contributed by atoms with van der Waals surface area (Å²) in [6.07, 6.45) is 6.16. The van der Waals surface area contributed by atoms with Gasteiger partial charge < -0.3 is 14.8 Å². The number of hydrogen-bond donors (Lipinski definition) is 1. The van der Waals surface area contributed by atoms with Crippen molar-refractivity contribution in [1.29, 1.82) is 0 Å². The third-order valence-corrected chi connectivity index (χ3v) is 3.35. The quantitative estimate of drug-likeness (QED) is 0.469. The molecule has 0 radical (unpaired) electrons. The molecule has 20 heavy (non-hydrogen) atoms. The van der Waals surface area contributed by atoms with Crippen molar-refractivity contribution in [1.82, 2.24) is 5.32 Å². The lowest BCUT2D eigenvalue weighted by atomic mass is 10.2. The smallest absolute Gasteiger partial charge is 0.407 e. The highest BCUT2D eigenvalue weighted by Gasteiger charge is 2.22. The molecular weight excluding hydrogens is 278 g/mol. The van der Waals surface area contributed by atoms with Gasteiger partial charge in [-0.15, -0.1) is 0 Å². The van der Waals surface area contributed by atoms with E-state index >= 15 is 0 Å². The Labute approximate surface area is 126 Å². The van der Waals surface area contributed by atoms with Crippen molar-refractivity contribution in [2.24, 2.45) is 0 Å². The summed E-state index contributed by atoms with van der Waals surface area (Å²) in [5, 5.41) is 2.56. The van der Waals surface area contributed by atoms with Gasteiger partial charge in [0.15, 0.2) is 0 Å². The molecule has 0 aromatic heterocycles. The van der Waals surface area contributed by atoms with Gasteiger partial charge in [0, 0.05) is 0 Å². The first-order valence-electron chi connectivity index (χ1n) is 7.24. The summed E-state index contributed by atoms with van der Waals surface area (Å²) in [4.78, 5) is 23.3. The van der Waals surface area contributed by atoms with E-state index in [4.69, 9.17) is 9.47 Å². The summed E-state index contributed by atoms with van der Waals surface area (Å²) in [6, 6.07) is -0.618. The fraction of sp³-hybridized carbons (Fsp3) is 0.857. The molecule has 1 N–H and O–H groups in total. The van der Waals surface area contributed by atoms with E-state index in [0.717, 1.165) is 31.4 Å². The van der Waals surface area contributed by atoms with E-state index in [0.29, 0.717) is 13.0 Å². The highest BCUT2D eigenvalue weighted by molar-refractivity contribution is 7.98. The van der Waals surface area contributed by atoms with Crippen molar-refractivity contribution in [2.45, 2.75) is 52.0 Å². The van der Waals surface area contributed by atoms with E-state index in [1.54, 1.807) is 18.7 Å². The van der Waals surface area contributed by atoms with Crippen LogP contribution in [0.1, 0.15) is 46.0 Å². The van der Waals surface area contributed by atoms with Gasteiger partial charge in [0.2, 0.25) is 0 Å². The standard InChI is InChI=1S/C14H27NO4S/c1-4-6-7-8-10-19-13(16)12(9-11-20-3)15-14(17)18-5-2/h12H,4-11H2,1-3H3,(H,15,17)/t12-/m0/s1. The highest BCUT2D eigenvalue weighted by Crippen LogP contribution is 2.05. The second-order valence-corrected chi connectivity index (χ2v) is 5.41. The number of thioether (sulfide) groups is 1. The SMILES string of the molecule is CCCCCCOC(=O)[C@H](CCSC)NC(=O)OCC. The largest absolute Gasteiger partial charge is 0.464 e. The highest BCUT2D eigenvalue weighted by atomic mass is 32.2. The Balaban J connectivity index is 4.09. The lowest BCUT2D eigenvalue weighted by Crippen LogP contribution is -2.42. The molecule has 0 aliphatic carbocycles. The maximum Gasteiger partial charge on any atom is 0.407 e. The molecule has 0 aromatic carbocycles. The number of nitrogens with one attached hydrogen (secondary N) is 1. The molecule has 118 valence electrons. The number of unbranched alkanes of at least 4 members (excludes halogenated alkanes) is 3. The van der Waals surface area contributed by atoms with Crippen molar-refractivity contribution in [3.8, 4) is 0 Å². The summed E-state index contributed by atoms with van der Waals surface area (Å²) in [5.41, 5.74) is 0. The molecule has 0 fully saturated rings. The second-order valence-electron chi connectivity index (χ2n) is 4.43. The van der Waals surface area contributed by atoms with Gasteiger partial charge >= 0.3 is 12.1 Å². The minimum Gasteiger partial charge on any atom is -0.464 e. The number of amides is 1. The van der Waals surface area contributed by atoms with Crippen molar-refractivity contribution >= 4 is 23.8 Å². The number of carbonyl (C=O) groups is 2. The number of rotatable bonds is 11. The van der Waals surface area contributed by atoms with E-state index in [1.807, 2.05) is 6.26 Å². The Hall–Kier alpha value is -0.910. The molecule has 1 atom stereocenters. The number of ether oxygens (including phenoxy) is 2. The van der Waals surface area contributed by atoms with Crippen molar-refractivity contribution < 1.29 is 19.1 Å². The van der Waals surface area contributed by atoms with Gasteiger partial charge in [-0.25, -0.2) is 9.59 Å². The van der Waals surface area contributed by atoms with Crippen LogP contribution < -0.4 is 5.32 Å². The van der Waals surface area contributed by atoms with E-state index < -0.39 is 12.1 Å². The minimum absolute atomic E-state index is 0.285. The Morgan fingerprint density at radius 2 is 1.90 bits per heavy atom. The fourth-order valence-corrected chi connectivity index (χ4v) is 2.07. The van der Waals surface area contributed by atoms with Crippen LogP contribution in [0.3, 0.4) is 0 Å². The van der Waals surface area contributed by atoms with E-state index in [-0.39, 0.29) is 12.6 Å². The summed E-state index contributed by atoms with van der Waals surface area (Å²) in [6.45, 7) is 4.56. The topological polar surface area (TPSA) is 64.6 Å². The molecule has 5 nitrogen and oxygen atoms in total. The molecule has 0 unspecified atom stereocenters. The van der Waals surface area contributed by atoms with Crippen LogP contribution in [0, 0.1) is 0 Å². The predicted octanol–water partition coefficient (Wildman–Crippen LogP) is 2.98. The first-order valence-corrected chi connectivity index (χ1v) is 8.63. The van der Waals surface area contributed by atoms with E-state index in [2.05, 4.69) is 12.2 Å². The van der Waals surface area contributed by atoms with Crippen LogP contribution in [0.25, 0.3) is 0 Å². The summed E-state index contributed by atoms with van der Waals surface area (Å²) < 4.78 is 10.0. The zero-order valence-corrected chi connectivity index (χ0v) is 13.6. The van der Waals surface area contributed by atoms with E-state index in [1.165, 1.54) is 0 Å². The Bertz CT molecular complexity index is 274. The average Bonchev–Trinajstić information content (AvgIpc) is 2.43. The molecule has 0 saturated carbocycles. The van der Waals surface area contributed by atoms with Gasteiger partial charge in [0.25, 0.3) is 0 Å². The summed E-state index contributed by atoms with van der Waals surface area (Å²) in [5.74, 6) is 0.408. The van der Waals surface area contributed by atoms with Gasteiger partial charge in [-0.2, -0.15) is 11.8 Å². The molecule has 0 spiro atoms. The molecule has 6 heteroatoms. The first-order chi connectivity index (χ1) is 9.65. The van der Waals surface area contributed by atoms with Crippen LogP contribution in [0.2, 0.25) is 0 Å². The van der Waals surface area contributed by atoms with Crippen LogP contribution >= 0.6 is 11.8 Å². The molecule has 0 bridgehead atoms. The number of hydrogen-bond acceptors (Lipinski definition) is 5. The van der Waals surface area contributed by atoms with Crippen molar-refractivity contribution in [3.63, 3.8) is 0 Å². The van der Waals surface area contributed by atoms with Gasteiger partial charge in [0.05, 0.1) is 13.2 Å². The van der Waals surface area contributed by atoms with Crippen LogP contribution in [-0.2, 0) is 14.3 Å².